The Hall–Kier alpha value is -2.49. The topological polar surface area (TPSA) is 44.8 Å². The van der Waals surface area contributed by atoms with Crippen LogP contribution in [0.1, 0.15) is 37.8 Å². The van der Waals surface area contributed by atoms with Gasteiger partial charge in [-0.2, -0.15) is 0 Å². The molecule has 1 aliphatic rings. The lowest BCUT2D eigenvalue weighted by Crippen LogP contribution is -2.50. The van der Waals surface area contributed by atoms with Crippen molar-refractivity contribution in [1.82, 2.24) is 0 Å². The molecule has 2 aromatic carbocycles. The van der Waals surface area contributed by atoms with E-state index in [-0.39, 0.29) is 11.4 Å². The highest BCUT2D eigenvalue weighted by Gasteiger charge is 2.54. The maximum Gasteiger partial charge on any atom is 0.312 e. The molecule has 1 fully saturated rings. The second-order valence-electron chi connectivity index (χ2n) is 8.23. The van der Waals surface area contributed by atoms with Gasteiger partial charge in [0.1, 0.15) is 6.61 Å². The van der Waals surface area contributed by atoms with Gasteiger partial charge in [-0.25, -0.2) is 0 Å². The van der Waals surface area contributed by atoms with Crippen LogP contribution in [-0.4, -0.2) is 20.2 Å². The minimum atomic E-state index is -0.441. The first kappa shape index (κ1) is 19.3. The summed E-state index contributed by atoms with van der Waals surface area (Å²) in [7, 11) is 3.10. The largest absolute Gasteiger partial charge is 0.493 e. The molecule has 0 amide bonds. The van der Waals surface area contributed by atoms with Crippen LogP contribution in [0.4, 0.5) is 0 Å². The average Bonchev–Trinajstić information content (AvgIpc) is 2.65. The molecule has 27 heavy (non-hydrogen) atoms. The van der Waals surface area contributed by atoms with E-state index in [4.69, 9.17) is 14.2 Å². The predicted molar refractivity (Wildman–Crippen MR) is 105 cm³/mol. The Kier molecular flexibility index (Phi) is 5.45. The van der Waals surface area contributed by atoms with Gasteiger partial charge in [-0.3, -0.25) is 4.79 Å². The summed E-state index contributed by atoms with van der Waals surface area (Å²) in [5.74, 6) is 1.26. The van der Waals surface area contributed by atoms with Gasteiger partial charge < -0.3 is 14.2 Å². The quantitative estimate of drug-likeness (QED) is 0.659. The van der Waals surface area contributed by atoms with Gasteiger partial charge in [0.15, 0.2) is 11.5 Å². The second-order valence-corrected chi connectivity index (χ2v) is 8.23. The van der Waals surface area contributed by atoms with Crippen LogP contribution >= 0.6 is 0 Å². The van der Waals surface area contributed by atoms with Gasteiger partial charge >= 0.3 is 5.97 Å². The van der Waals surface area contributed by atoms with Gasteiger partial charge in [0, 0.05) is 0 Å². The van der Waals surface area contributed by atoms with Crippen molar-refractivity contribution in [2.75, 3.05) is 14.2 Å². The van der Waals surface area contributed by atoms with Crippen LogP contribution < -0.4 is 9.47 Å². The van der Waals surface area contributed by atoms with E-state index in [1.807, 2.05) is 48.5 Å². The standard InChI is InChI=1S/C23H28O4/c1-22(2)15-23(16-22,21(24)26-4)13-18-10-11-19(25-3)20(12-18)27-14-17-8-6-5-7-9-17/h5-12H,13-16H2,1-4H3. The third-order valence-corrected chi connectivity index (χ3v) is 5.26. The van der Waals surface area contributed by atoms with Crippen LogP contribution in [0.2, 0.25) is 0 Å². The highest BCUT2D eigenvalue weighted by atomic mass is 16.5. The van der Waals surface area contributed by atoms with Crippen LogP contribution in [0.25, 0.3) is 0 Å². The third kappa shape index (κ3) is 4.26. The van der Waals surface area contributed by atoms with Crippen molar-refractivity contribution in [3.8, 4) is 11.5 Å². The van der Waals surface area contributed by atoms with Gasteiger partial charge in [0.2, 0.25) is 0 Å². The Morgan fingerprint density at radius 1 is 0.963 bits per heavy atom. The maximum absolute atomic E-state index is 12.4. The molecule has 3 rings (SSSR count). The molecule has 0 aliphatic heterocycles. The first-order valence-corrected chi connectivity index (χ1v) is 9.30. The SMILES string of the molecule is COC(=O)C1(Cc2ccc(OC)c(OCc3ccccc3)c2)CC(C)(C)C1. The molecule has 0 atom stereocenters. The molecule has 4 heteroatoms. The molecule has 2 aromatic rings. The van der Waals surface area contributed by atoms with Crippen LogP contribution in [0, 0.1) is 10.8 Å². The van der Waals surface area contributed by atoms with E-state index in [0.29, 0.717) is 24.5 Å². The lowest BCUT2D eigenvalue weighted by atomic mass is 9.52. The third-order valence-electron chi connectivity index (χ3n) is 5.26. The summed E-state index contributed by atoms with van der Waals surface area (Å²) >= 11 is 0. The normalized spacial score (nSPS) is 16.9. The predicted octanol–water partition coefficient (Wildman–Crippen LogP) is 4.80. The van der Waals surface area contributed by atoms with E-state index in [1.54, 1.807) is 7.11 Å². The van der Waals surface area contributed by atoms with Crippen LogP contribution in [0.5, 0.6) is 11.5 Å². The number of carbonyl (C=O) groups excluding carboxylic acids is 1. The lowest BCUT2D eigenvalue weighted by molar-refractivity contribution is -0.167. The maximum atomic E-state index is 12.4. The molecule has 0 saturated heterocycles. The molecular weight excluding hydrogens is 340 g/mol. The van der Waals surface area contributed by atoms with E-state index in [1.165, 1.54) is 7.11 Å². The fraction of sp³-hybridized carbons (Fsp3) is 0.435. The minimum Gasteiger partial charge on any atom is -0.493 e. The molecule has 4 nitrogen and oxygen atoms in total. The first-order valence-electron chi connectivity index (χ1n) is 9.30. The summed E-state index contributed by atoms with van der Waals surface area (Å²) in [4.78, 5) is 12.4. The molecule has 144 valence electrons. The van der Waals surface area contributed by atoms with Gasteiger partial charge in [0.05, 0.1) is 19.6 Å². The molecule has 0 radical (unpaired) electrons. The molecule has 0 N–H and O–H groups in total. The Morgan fingerprint density at radius 3 is 2.26 bits per heavy atom. The number of benzene rings is 2. The van der Waals surface area contributed by atoms with E-state index in [0.717, 1.165) is 24.0 Å². The summed E-state index contributed by atoms with van der Waals surface area (Å²) in [6.07, 6.45) is 2.31. The van der Waals surface area contributed by atoms with Crippen molar-refractivity contribution in [2.24, 2.45) is 10.8 Å². The molecule has 0 spiro atoms. The van der Waals surface area contributed by atoms with Crippen molar-refractivity contribution in [2.45, 2.75) is 39.7 Å². The van der Waals surface area contributed by atoms with Gasteiger partial charge in [-0.15, -0.1) is 0 Å². The van der Waals surface area contributed by atoms with Crippen molar-refractivity contribution in [1.29, 1.82) is 0 Å². The van der Waals surface area contributed by atoms with Crippen LogP contribution in [-0.2, 0) is 22.6 Å². The average molecular weight is 368 g/mol. The smallest absolute Gasteiger partial charge is 0.312 e. The Balaban J connectivity index is 1.79. The fourth-order valence-corrected chi connectivity index (χ4v) is 4.41. The number of carbonyl (C=O) groups is 1. The number of hydrogen-bond donors (Lipinski definition) is 0. The number of hydrogen-bond acceptors (Lipinski definition) is 4. The highest BCUT2D eigenvalue weighted by Crippen LogP contribution is 2.56. The summed E-state index contributed by atoms with van der Waals surface area (Å²) < 4.78 is 16.6. The van der Waals surface area contributed by atoms with E-state index < -0.39 is 5.41 Å². The molecular formula is C23H28O4. The molecule has 0 bridgehead atoms. The zero-order valence-electron chi connectivity index (χ0n) is 16.6. The van der Waals surface area contributed by atoms with Crippen LogP contribution in [0.3, 0.4) is 0 Å². The first-order chi connectivity index (χ1) is 12.9. The van der Waals surface area contributed by atoms with Crippen molar-refractivity contribution in [3.05, 3.63) is 59.7 Å². The fourth-order valence-electron chi connectivity index (χ4n) is 4.41. The molecule has 1 saturated carbocycles. The zero-order chi connectivity index (χ0) is 19.5. The summed E-state index contributed by atoms with van der Waals surface area (Å²) in [5.41, 5.74) is 1.88. The minimum absolute atomic E-state index is 0.121. The summed E-state index contributed by atoms with van der Waals surface area (Å²) in [6, 6.07) is 15.9. The van der Waals surface area contributed by atoms with Gasteiger partial charge in [0.25, 0.3) is 0 Å². The Morgan fingerprint density at radius 2 is 1.67 bits per heavy atom. The van der Waals surface area contributed by atoms with Crippen LogP contribution in [0.15, 0.2) is 48.5 Å². The van der Waals surface area contributed by atoms with Crippen molar-refractivity contribution >= 4 is 5.97 Å². The van der Waals surface area contributed by atoms with Crippen molar-refractivity contribution < 1.29 is 19.0 Å². The van der Waals surface area contributed by atoms with E-state index in [9.17, 15) is 4.79 Å². The number of rotatable bonds is 7. The summed E-state index contributed by atoms with van der Waals surface area (Å²) in [5, 5.41) is 0. The molecule has 0 aromatic heterocycles. The van der Waals surface area contributed by atoms with E-state index in [2.05, 4.69) is 13.8 Å². The molecule has 0 unspecified atom stereocenters. The van der Waals surface area contributed by atoms with Crippen molar-refractivity contribution in [3.63, 3.8) is 0 Å². The van der Waals surface area contributed by atoms with Gasteiger partial charge in [-0.1, -0.05) is 50.2 Å². The number of esters is 1. The molecule has 1 aliphatic carbocycles. The van der Waals surface area contributed by atoms with Gasteiger partial charge in [-0.05, 0) is 47.9 Å². The lowest BCUT2D eigenvalue weighted by Gasteiger charge is -2.51. The summed E-state index contributed by atoms with van der Waals surface area (Å²) in [6.45, 7) is 4.85. The number of ether oxygens (including phenoxy) is 3. The highest BCUT2D eigenvalue weighted by molar-refractivity contribution is 5.78. The monoisotopic (exact) mass is 368 g/mol. The molecule has 0 heterocycles. The van der Waals surface area contributed by atoms with E-state index >= 15 is 0 Å². The Labute approximate surface area is 161 Å². The zero-order valence-corrected chi connectivity index (χ0v) is 16.6. The Bertz CT molecular complexity index is 787. The second kappa shape index (κ2) is 7.63. The number of methoxy groups -OCH3 is 2.